The average molecular weight is 231 g/mol. The van der Waals surface area contributed by atoms with E-state index in [4.69, 9.17) is 5.11 Å². The highest BCUT2D eigenvalue weighted by Crippen LogP contribution is 2.27. The number of aromatic nitrogens is 4. The highest BCUT2D eigenvalue weighted by Gasteiger charge is 2.24. The van der Waals surface area contributed by atoms with Gasteiger partial charge in [0, 0.05) is 18.9 Å². The Kier molecular flexibility index (Phi) is 2.49. The number of anilines is 1. The lowest BCUT2D eigenvalue weighted by atomic mass is 10.1. The molecule has 88 valence electrons. The van der Waals surface area contributed by atoms with Gasteiger partial charge in [0.15, 0.2) is 5.82 Å². The Morgan fingerprint density at radius 1 is 1.53 bits per heavy atom. The Morgan fingerprint density at radius 3 is 3.24 bits per heavy atom. The molecule has 1 unspecified atom stereocenters. The number of aliphatic hydroxyl groups is 1. The topological polar surface area (TPSA) is 75.9 Å². The molecule has 0 aromatic carbocycles. The molecule has 0 aliphatic carbocycles. The lowest BCUT2D eigenvalue weighted by Crippen LogP contribution is -2.24. The summed E-state index contributed by atoms with van der Waals surface area (Å²) in [5.41, 5.74) is 1.12. The lowest BCUT2D eigenvalue weighted by Gasteiger charge is -2.24. The summed E-state index contributed by atoms with van der Waals surface area (Å²) in [6.45, 7) is 0.713. The molecular weight excluding hydrogens is 218 g/mol. The number of rotatable bonds is 2. The van der Waals surface area contributed by atoms with E-state index < -0.39 is 0 Å². The first-order valence-electron chi connectivity index (χ1n) is 5.58. The van der Waals surface area contributed by atoms with E-state index in [1.165, 1.54) is 0 Å². The van der Waals surface area contributed by atoms with Gasteiger partial charge in [-0.3, -0.25) is 4.98 Å². The van der Waals surface area contributed by atoms with Crippen molar-refractivity contribution < 1.29 is 5.11 Å². The summed E-state index contributed by atoms with van der Waals surface area (Å²) in [5, 5.41) is 16.5. The van der Waals surface area contributed by atoms with Gasteiger partial charge in [-0.05, 0) is 18.1 Å². The van der Waals surface area contributed by atoms with Crippen LogP contribution in [0.4, 0.5) is 5.95 Å². The van der Waals surface area contributed by atoms with Gasteiger partial charge in [0.05, 0.1) is 6.04 Å². The number of nitrogens with one attached hydrogen (secondary N) is 1. The molecule has 1 atom stereocenters. The predicted octanol–water partition coefficient (Wildman–Crippen LogP) is 0.570. The smallest absolute Gasteiger partial charge is 0.222 e. The van der Waals surface area contributed by atoms with Gasteiger partial charge in [-0.15, -0.1) is 0 Å². The number of hydrogen-bond acceptors (Lipinski definition) is 5. The molecule has 2 N–H and O–H groups in total. The molecular formula is C11H13N5O. The van der Waals surface area contributed by atoms with Gasteiger partial charge in [-0.1, -0.05) is 6.07 Å². The van der Waals surface area contributed by atoms with Crippen LogP contribution in [0.3, 0.4) is 0 Å². The van der Waals surface area contributed by atoms with Gasteiger partial charge < -0.3 is 10.4 Å². The maximum absolute atomic E-state index is 9.07. The van der Waals surface area contributed by atoms with Crippen LogP contribution in [0.1, 0.15) is 23.9 Å². The summed E-state index contributed by atoms with van der Waals surface area (Å²) in [6, 6.07) is 4.10. The number of hydrogen-bond donors (Lipinski definition) is 2. The van der Waals surface area contributed by atoms with E-state index in [1.807, 2.05) is 23.0 Å². The second kappa shape index (κ2) is 4.14. The van der Waals surface area contributed by atoms with E-state index in [9.17, 15) is 0 Å². The van der Waals surface area contributed by atoms with Gasteiger partial charge in [-0.2, -0.15) is 10.1 Å². The van der Waals surface area contributed by atoms with Crippen molar-refractivity contribution in [2.24, 2.45) is 0 Å². The average Bonchev–Trinajstić information content (AvgIpc) is 2.82. The molecule has 2 aromatic rings. The third-order valence-electron chi connectivity index (χ3n) is 2.88. The lowest BCUT2D eigenvalue weighted by molar-refractivity contribution is 0.270. The van der Waals surface area contributed by atoms with Crippen molar-refractivity contribution >= 4 is 5.95 Å². The van der Waals surface area contributed by atoms with Crippen molar-refractivity contribution in [3.63, 3.8) is 0 Å². The highest BCUT2D eigenvalue weighted by molar-refractivity contribution is 5.31. The summed E-state index contributed by atoms with van der Waals surface area (Å²) in [4.78, 5) is 8.34. The first-order valence-corrected chi connectivity index (χ1v) is 5.58. The molecule has 2 aromatic heterocycles. The maximum Gasteiger partial charge on any atom is 0.222 e. The molecule has 1 aliphatic rings. The predicted molar refractivity (Wildman–Crippen MR) is 61.4 cm³/mol. The van der Waals surface area contributed by atoms with Crippen molar-refractivity contribution in [2.75, 3.05) is 11.9 Å². The zero-order chi connectivity index (χ0) is 11.7. The van der Waals surface area contributed by atoms with Gasteiger partial charge >= 0.3 is 0 Å². The maximum atomic E-state index is 9.07. The molecule has 1 aliphatic heterocycles. The SMILES string of the molecule is OCc1nc2n(n1)C(c1cccnc1)CCN2. The van der Waals surface area contributed by atoms with Crippen LogP contribution < -0.4 is 5.32 Å². The third-order valence-corrected chi connectivity index (χ3v) is 2.88. The first kappa shape index (κ1) is 10.2. The fraction of sp³-hybridized carbons (Fsp3) is 0.364. The van der Waals surface area contributed by atoms with Crippen LogP contribution in [0.15, 0.2) is 24.5 Å². The molecule has 0 saturated carbocycles. The second-order valence-electron chi connectivity index (χ2n) is 3.97. The van der Waals surface area contributed by atoms with Crippen LogP contribution >= 0.6 is 0 Å². The van der Waals surface area contributed by atoms with Crippen molar-refractivity contribution in [2.45, 2.75) is 19.1 Å². The molecule has 3 rings (SSSR count). The molecule has 6 heteroatoms. The van der Waals surface area contributed by atoms with Gasteiger partial charge in [0.2, 0.25) is 5.95 Å². The van der Waals surface area contributed by atoms with Gasteiger partial charge in [-0.25, -0.2) is 4.68 Å². The molecule has 0 fully saturated rings. The van der Waals surface area contributed by atoms with Crippen LogP contribution in [0.5, 0.6) is 0 Å². The first-order chi connectivity index (χ1) is 8.38. The standard InChI is InChI=1S/C11H13N5O/c17-7-10-14-11-13-5-3-9(16(11)15-10)8-2-1-4-12-6-8/h1-2,4,6,9,17H,3,5,7H2,(H,13,14,15). The Morgan fingerprint density at radius 2 is 2.47 bits per heavy atom. The van der Waals surface area contributed by atoms with Crippen LogP contribution in [-0.4, -0.2) is 31.4 Å². The Labute approximate surface area is 98.3 Å². The van der Waals surface area contributed by atoms with Crippen molar-refractivity contribution in [1.29, 1.82) is 0 Å². The fourth-order valence-corrected chi connectivity index (χ4v) is 2.10. The summed E-state index contributed by atoms with van der Waals surface area (Å²) in [5.74, 6) is 1.16. The number of pyridine rings is 1. The van der Waals surface area contributed by atoms with E-state index in [1.54, 1.807) is 6.20 Å². The molecule has 0 radical (unpaired) electrons. The molecule has 0 amide bonds. The zero-order valence-electron chi connectivity index (χ0n) is 9.24. The highest BCUT2D eigenvalue weighted by atomic mass is 16.3. The summed E-state index contributed by atoms with van der Waals surface area (Å²) in [7, 11) is 0. The summed E-state index contributed by atoms with van der Waals surface area (Å²) >= 11 is 0. The largest absolute Gasteiger partial charge is 0.388 e. The molecule has 0 spiro atoms. The second-order valence-corrected chi connectivity index (χ2v) is 3.97. The van der Waals surface area contributed by atoms with Crippen molar-refractivity contribution in [1.82, 2.24) is 19.7 Å². The summed E-state index contributed by atoms with van der Waals surface area (Å²) in [6.07, 6.45) is 4.54. The van der Waals surface area contributed by atoms with Crippen LogP contribution in [-0.2, 0) is 6.61 Å². The molecule has 3 heterocycles. The van der Waals surface area contributed by atoms with Crippen LogP contribution in [0, 0.1) is 0 Å². The number of fused-ring (bicyclic) bond motifs is 1. The summed E-state index contributed by atoms with van der Waals surface area (Å²) < 4.78 is 1.83. The molecule has 0 saturated heterocycles. The van der Waals surface area contributed by atoms with Crippen LogP contribution in [0.25, 0.3) is 0 Å². The minimum atomic E-state index is -0.137. The van der Waals surface area contributed by atoms with Crippen molar-refractivity contribution in [3.05, 3.63) is 35.9 Å². The third kappa shape index (κ3) is 1.76. The van der Waals surface area contributed by atoms with Gasteiger partial charge in [0.1, 0.15) is 6.61 Å². The quantitative estimate of drug-likeness (QED) is 0.790. The number of aliphatic hydroxyl groups excluding tert-OH is 1. The minimum absolute atomic E-state index is 0.137. The Hall–Kier alpha value is -1.95. The van der Waals surface area contributed by atoms with Crippen molar-refractivity contribution in [3.8, 4) is 0 Å². The van der Waals surface area contributed by atoms with E-state index in [0.717, 1.165) is 18.5 Å². The van der Waals surface area contributed by atoms with E-state index in [0.29, 0.717) is 11.8 Å². The normalized spacial score (nSPS) is 18.5. The fourth-order valence-electron chi connectivity index (χ4n) is 2.10. The molecule has 0 bridgehead atoms. The monoisotopic (exact) mass is 231 g/mol. The molecule has 17 heavy (non-hydrogen) atoms. The Balaban J connectivity index is 2.02. The van der Waals surface area contributed by atoms with E-state index in [-0.39, 0.29) is 12.6 Å². The number of nitrogens with zero attached hydrogens (tertiary/aromatic N) is 4. The van der Waals surface area contributed by atoms with Gasteiger partial charge in [0.25, 0.3) is 0 Å². The van der Waals surface area contributed by atoms with E-state index in [2.05, 4.69) is 20.4 Å². The zero-order valence-corrected chi connectivity index (χ0v) is 9.24. The minimum Gasteiger partial charge on any atom is -0.388 e. The molecule has 6 nitrogen and oxygen atoms in total. The van der Waals surface area contributed by atoms with E-state index >= 15 is 0 Å². The Bertz CT molecular complexity index is 510. The van der Waals surface area contributed by atoms with Crippen LogP contribution in [0.2, 0.25) is 0 Å².